The van der Waals surface area contributed by atoms with Crippen molar-refractivity contribution < 1.29 is 36.6 Å². The average Bonchev–Trinajstić information content (AvgIpc) is 3.14. The lowest BCUT2D eigenvalue weighted by atomic mass is 10.2. The lowest BCUT2D eigenvalue weighted by Crippen LogP contribution is -2.25. The van der Waals surface area contributed by atoms with Crippen LogP contribution in [-0.4, -0.2) is 34.3 Å². The molecule has 0 radical (unpaired) electrons. The summed E-state index contributed by atoms with van der Waals surface area (Å²) in [4.78, 5) is 18.1. The minimum Gasteiger partial charge on any atom is -0.489 e. The molecule has 0 unspecified atom stereocenters. The van der Waals surface area contributed by atoms with Crippen LogP contribution in [0, 0.1) is 0 Å². The number of pyridine rings is 1. The van der Waals surface area contributed by atoms with Gasteiger partial charge in [0.25, 0.3) is 6.01 Å². The maximum absolute atomic E-state index is 12.8. The van der Waals surface area contributed by atoms with E-state index >= 15 is 0 Å². The second-order valence-corrected chi connectivity index (χ2v) is 6.27. The number of ether oxygens (including phenoxy) is 1. The summed E-state index contributed by atoms with van der Waals surface area (Å²) in [7, 11) is 0. The van der Waals surface area contributed by atoms with Crippen molar-refractivity contribution in [3.63, 3.8) is 0 Å². The smallest absolute Gasteiger partial charge is 0.433 e. The van der Waals surface area contributed by atoms with E-state index < -0.39 is 18.0 Å². The van der Waals surface area contributed by atoms with E-state index in [1.54, 1.807) is 12.1 Å². The third-order valence-corrected chi connectivity index (χ3v) is 3.96. The van der Waals surface area contributed by atoms with Crippen LogP contribution >= 0.6 is 0 Å². The Bertz CT molecular complexity index is 1080. The number of amides is 1. The van der Waals surface area contributed by atoms with Crippen molar-refractivity contribution >= 4 is 23.2 Å². The molecule has 2 aromatic heterocycles. The zero-order chi connectivity index (χ0) is 22.4. The monoisotopic (exact) mass is 440 g/mol. The van der Waals surface area contributed by atoms with E-state index in [4.69, 9.17) is 14.3 Å². The van der Waals surface area contributed by atoms with Gasteiger partial charge in [-0.15, -0.1) is 0 Å². The van der Waals surface area contributed by atoms with Gasteiger partial charge in [-0.3, -0.25) is 4.98 Å². The van der Waals surface area contributed by atoms with Gasteiger partial charge < -0.3 is 24.9 Å². The molecule has 0 aliphatic carbocycles. The molecule has 0 saturated heterocycles. The van der Waals surface area contributed by atoms with Gasteiger partial charge >= 0.3 is 12.3 Å². The second kappa shape index (κ2) is 9.32. The summed E-state index contributed by atoms with van der Waals surface area (Å²) in [5.41, 5.74) is 0.469. The number of fused-ring (bicyclic) bond motifs is 1. The highest BCUT2D eigenvalue weighted by Crippen LogP contribution is 2.27. The van der Waals surface area contributed by atoms with Crippen molar-refractivity contribution in [2.75, 3.05) is 18.5 Å². The molecule has 3 aromatic rings. The van der Waals surface area contributed by atoms with Crippen molar-refractivity contribution in [3.8, 4) is 5.75 Å². The van der Waals surface area contributed by atoms with Gasteiger partial charge in [0.1, 0.15) is 23.6 Å². The number of nitrogens with one attached hydrogen (secondary N) is 2. The molecule has 2 heterocycles. The molecule has 0 spiro atoms. The number of benzene rings is 1. The minimum absolute atomic E-state index is 0.0903. The first kappa shape index (κ1) is 21.9. The number of nitrogens with zero attached hydrogens (tertiary/aromatic N) is 2. The number of hydrogen-bond donors (Lipinski definition) is 3. The molecule has 31 heavy (non-hydrogen) atoms. The van der Waals surface area contributed by atoms with E-state index in [1.807, 2.05) is 5.32 Å². The van der Waals surface area contributed by atoms with E-state index in [9.17, 15) is 22.4 Å². The number of carboxylic acid groups (broad SMARTS) is 1. The fraction of sp³-hybridized carbons (Fsp3) is 0.211. The van der Waals surface area contributed by atoms with Gasteiger partial charge in [0.15, 0.2) is 5.58 Å². The maximum atomic E-state index is 12.8. The predicted molar refractivity (Wildman–Crippen MR) is 101 cm³/mol. The highest BCUT2D eigenvalue weighted by atomic mass is 19.4. The number of rotatable bonds is 8. The lowest BCUT2D eigenvalue weighted by molar-refractivity contribution is -0.141. The van der Waals surface area contributed by atoms with Crippen LogP contribution in [0.4, 0.5) is 28.4 Å². The van der Waals surface area contributed by atoms with Crippen LogP contribution in [0.3, 0.4) is 0 Å². The standard InChI is InChI=1S/C19H16F4N4O4/c20-6-12(9-26-18(28)29)10-30-13-2-3-14-15(5-13)31-17(27-14)25-8-11-1-4-16(24-7-11)19(21,22)23/h1-7,26H,8-10H2,(H,25,27)(H,28,29). The van der Waals surface area contributed by atoms with Crippen LogP contribution in [0.5, 0.6) is 5.75 Å². The summed E-state index contributed by atoms with van der Waals surface area (Å²) < 4.78 is 61.4. The average molecular weight is 440 g/mol. The first-order chi connectivity index (χ1) is 14.7. The number of halogens is 4. The summed E-state index contributed by atoms with van der Waals surface area (Å²) in [5.74, 6) is 0.344. The largest absolute Gasteiger partial charge is 0.489 e. The van der Waals surface area contributed by atoms with Crippen molar-refractivity contribution in [2.24, 2.45) is 0 Å². The Morgan fingerprint density at radius 1 is 1.26 bits per heavy atom. The second-order valence-electron chi connectivity index (χ2n) is 6.27. The van der Waals surface area contributed by atoms with Crippen molar-refractivity contribution in [3.05, 3.63) is 59.7 Å². The highest BCUT2D eigenvalue weighted by molar-refractivity contribution is 5.76. The summed E-state index contributed by atoms with van der Waals surface area (Å²) in [5, 5.41) is 13.4. The van der Waals surface area contributed by atoms with E-state index in [1.165, 1.54) is 12.1 Å². The maximum Gasteiger partial charge on any atom is 0.433 e. The quantitative estimate of drug-likeness (QED) is 0.447. The zero-order valence-corrected chi connectivity index (χ0v) is 15.7. The number of hydrogen-bond acceptors (Lipinski definition) is 6. The molecule has 0 aliphatic heterocycles. The van der Waals surface area contributed by atoms with Crippen molar-refractivity contribution in [2.45, 2.75) is 12.7 Å². The molecule has 1 aromatic carbocycles. The van der Waals surface area contributed by atoms with Crippen LogP contribution in [0.2, 0.25) is 0 Å². The predicted octanol–water partition coefficient (Wildman–Crippen LogP) is 4.35. The summed E-state index contributed by atoms with van der Waals surface area (Å²) >= 11 is 0. The molecule has 8 nitrogen and oxygen atoms in total. The van der Waals surface area contributed by atoms with Crippen molar-refractivity contribution in [1.29, 1.82) is 0 Å². The van der Waals surface area contributed by atoms with Gasteiger partial charge in [-0.2, -0.15) is 18.2 Å². The lowest BCUT2D eigenvalue weighted by Gasteiger charge is -2.08. The number of oxazole rings is 1. The highest BCUT2D eigenvalue weighted by Gasteiger charge is 2.31. The fourth-order valence-corrected chi connectivity index (χ4v) is 2.43. The van der Waals surface area contributed by atoms with E-state index in [0.29, 0.717) is 22.4 Å². The molecular formula is C19H16F4N4O4. The number of carbonyl (C=O) groups is 1. The number of alkyl halides is 3. The van der Waals surface area contributed by atoms with E-state index in [2.05, 4.69) is 15.3 Å². The first-order valence-corrected chi connectivity index (χ1v) is 8.79. The van der Waals surface area contributed by atoms with E-state index in [-0.39, 0.29) is 37.6 Å². The number of anilines is 1. The van der Waals surface area contributed by atoms with Crippen LogP contribution in [0.15, 0.2) is 52.8 Å². The minimum atomic E-state index is -4.50. The topological polar surface area (TPSA) is 110 Å². The third-order valence-electron chi connectivity index (χ3n) is 3.96. The molecule has 164 valence electrons. The Kier molecular flexibility index (Phi) is 6.58. The van der Waals surface area contributed by atoms with Gasteiger partial charge in [-0.1, -0.05) is 6.07 Å². The van der Waals surface area contributed by atoms with Gasteiger partial charge in [-0.25, -0.2) is 9.18 Å². The molecule has 0 saturated carbocycles. The molecule has 0 atom stereocenters. The van der Waals surface area contributed by atoms with Gasteiger partial charge in [0.05, 0.1) is 6.33 Å². The molecule has 3 N–H and O–H groups in total. The van der Waals surface area contributed by atoms with Crippen LogP contribution in [0.25, 0.3) is 11.1 Å². The molecule has 3 rings (SSSR count). The molecule has 12 heteroatoms. The van der Waals surface area contributed by atoms with Gasteiger partial charge in [0.2, 0.25) is 0 Å². The first-order valence-electron chi connectivity index (χ1n) is 8.79. The SMILES string of the molecule is O=C(O)NCC(=CF)COc1ccc2nc(NCc3ccc(C(F)(F)F)nc3)oc2c1. The molecule has 0 fully saturated rings. The Balaban J connectivity index is 1.59. The molecule has 0 aliphatic rings. The molecule has 1 amide bonds. The van der Waals surface area contributed by atoms with E-state index in [0.717, 1.165) is 12.3 Å². The summed E-state index contributed by atoms with van der Waals surface area (Å²) in [6, 6.07) is 7.03. The molecular weight excluding hydrogens is 424 g/mol. The third kappa shape index (κ3) is 6.07. The van der Waals surface area contributed by atoms with Crippen LogP contribution in [-0.2, 0) is 12.7 Å². The van der Waals surface area contributed by atoms with Gasteiger partial charge in [-0.05, 0) is 23.8 Å². The Labute approximate surface area is 172 Å². The summed E-state index contributed by atoms with van der Waals surface area (Å²) in [6.07, 6.45) is -4.41. The molecule has 0 bridgehead atoms. The Morgan fingerprint density at radius 3 is 2.71 bits per heavy atom. The van der Waals surface area contributed by atoms with Crippen LogP contribution < -0.4 is 15.4 Å². The fourth-order valence-electron chi connectivity index (χ4n) is 2.43. The number of aromatic nitrogens is 2. The Hall–Kier alpha value is -3.83. The summed E-state index contributed by atoms with van der Waals surface area (Å²) in [6.45, 7) is -0.256. The normalized spacial score (nSPS) is 12.1. The Morgan fingerprint density at radius 2 is 2.06 bits per heavy atom. The zero-order valence-electron chi connectivity index (χ0n) is 15.7. The van der Waals surface area contributed by atoms with Crippen molar-refractivity contribution in [1.82, 2.24) is 15.3 Å². The van der Waals surface area contributed by atoms with Gasteiger partial charge in [0, 0.05) is 30.9 Å². The van der Waals surface area contributed by atoms with Crippen LogP contribution in [0.1, 0.15) is 11.3 Å².